The maximum Gasteiger partial charge on any atom is 0.191 e. The highest BCUT2D eigenvalue weighted by molar-refractivity contribution is 5.79. The van der Waals surface area contributed by atoms with E-state index < -0.39 is 0 Å². The van der Waals surface area contributed by atoms with Crippen molar-refractivity contribution in [2.24, 2.45) is 10.4 Å². The van der Waals surface area contributed by atoms with Crippen molar-refractivity contribution < 1.29 is 14.6 Å². The van der Waals surface area contributed by atoms with Gasteiger partial charge in [0.25, 0.3) is 0 Å². The van der Waals surface area contributed by atoms with Gasteiger partial charge in [-0.1, -0.05) is 12.1 Å². The Hall–Kier alpha value is -1.79. The van der Waals surface area contributed by atoms with Crippen molar-refractivity contribution in [3.05, 3.63) is 29.3 Å². The zero-order valence-electron chi connectivity index (χ0n) is 15.6. The molecule has 1 aromatic rings. The van der Waals surface area contributed by atoms with E-state index in [1.54, 1.807) is 7.11 Å². The predicted molar refractivity (Wildman–Crippen MR) is 100 cm³/mol. The summed E-state index contributed by atoms with van der Waals surface area (Å²) in [5.74, 6) is 1.61. The van der Waals surface area contributed by atoms with Crippen molar-refractivity contribution >= 4 is 5.96 Å². The highest BCUT2D eigenvalue weighted by atomic mass is 16.5. The normalized spacial score (nSPS) is 17.2. The first kappa shape index (κ1) is 19.5. The largest absolute Gasteiger partial charge is 0.496 e. The van der Waals surface area contributed by atoms with E-state index in [1.165, 1.54) is 5.56 Å². The number of benzene rings is 1. The molecule has 6 heteroatoms. The Morgan fingerprint density at radius 2 is 2.08 bits per heavy atom. The molecule has 0 radical (unpaired) electrons. The molecule has 6 nitrogen and oxygen atoms in total. The van der Waals surface area contributed by atoms with E-state index in [0.29, 0.717) is 26.3 Å². The molecule has 0 atom stereocenters. The molecule has 0 unspecified atom stereocenters. The molecule has 0 amide bonds. The molecule has 0 spiro atoms. The number of aliphatic imine (C=N–C) groups is 1. The first-order valence-corrected chi connectivity index (χ1v) is 8.97. The Kier molecular flexibility index (Phi) is 7.52. The standard InChI is InChI=1S/C19H31N3O3/c1-4-20-18(22-13-19(14-23)7-9-25-10-8-19)21-12-16-6-5-15(2)11-17(16)24-3/h5-6,11,23H,4,7-10,12-14H2,1-3H3,(H2,20,21,22). The van der Waals surface area contributed by atoms with Gasteiger partial charge < -0.3 is 25.2 Å². The molecule has 1 saturated heterocycles. The molecular weight excluding hydrogens is 318 g/mol. The first-order valence-electron chi connectivity index (χ1n) is 8.97. The second-order valence-corrected chi connectivity index (χ2v) is 6.63. The SMILES string of the molecule is CCNC(=NCc1ccc(C)cc1OC)NCC1(CO)CCOCC1. The summed E-state index contributed by atoms with van der Waals surface area (Å²) in [6, 6.07) is 6.14. The van der Waals surface area contributed by atoms with Gasteiger partial charge in [0.05, 0.1) is 20.3 Å². The number of guanidine groups is 1. The zero-order valence-corrected chi connectivity index (χ0v) is 15.6. The molecule has 0 aliphatic carbocycles. The monoisotopic (exact) mass is 349 g/mol. The van der Waals surface area contributed by atoms with Gasteiger partial charge >= 0.3 is 0 Å². The summed E-state index contributed by atoms with van der Waals surface area (Å²) in [4.78, 5) is 4.67. The predicted octanol–water partition coefficient (Wildman–Crippen LogP) is 1.85. The van der Waals surface area contributed by atoms with Crippen LogP contribution in [0, 0.1) is 12.3 Å². The number of nitrogens with zero attached hydrogens (tertiary/aromatic N) is 1. The third-order valence-electron chi connectivity index (χ3n) is 4.71. The van der Waals surface area contributed by atoms with E-state index in [-0.39, 0.29) is 12.0 Å². The van der Waals surface area contributed by atoms with Gasteiger partial charge in [-0.3, -0.25) is 0 Å². The van der Waals surface area contributed by atoms with Gasteiger partial charge in [0, 0.05) is 37.3 Å². The lowest BCUT2D eigenvalue weighted by molar-refractivity contribution is -0.0131. The van der Waals surface area contributed by atoms with Gasteiger partial charge in [-0.25, -0.2) is 4.99 Å². The Balaban J connectivity index is 2.03. The van der Waals surface area contributed by atoms with E-state index in [4.69, 9.17) is 9.47 Å². The van der Waals surface area contributed by atoms with Crippen LogP contribution in [0.5, 0.6) is 5.75 Å². The van der Waals surface area contributed by atoms with Gasteiger partial charge in [-0.2, -0.15) is 0 Å². The number of hydrogen-bond donors (Lipinski definition) is 3. The van der Waals surface area contributed by atoms with Gasteiger partial charge in [0.15, 0.2) is 5.96 Å². The van der Waals surface area contributed by atoms with Gasteiger partial charge in [0.1, 0.15) is 5.75 Å². The highest BCUT2D eigenvalue weighted by Gasteiger charge is 2.32. The van der Waals surface area contributed by atoms with Crippen LogP contribution in [-0.4, -0.2) is 51.1 Å². The van der Waals surface area contributed by atoms with Crippen LogP contribution in [-0.2, 0) is 11.3 Å². The Morgan fingerprint density at radius 3 is 2.72 bits per heavy atom. The van der Waals surface area contributed by atoms with Crippen LogP contribution in [0.3, 0.4) is 0 Å². The topological polar surface area (TPSA) is 75.1 Å². The number of rotatable bonds is 7. The van der Waals surface area contributed by atoms with Crippen molar-refractivity contribution in [3.8, 4) is 5.75 Å². The lowest BCUT2D eigenvalue weighted by Gasteiger charge is -2.36. The average molecular weight is 349 g/mol. The third kappa shape index (κ3) is 5.61. The quantitative estimate of drug-likeness (QED) is 0.517. The fourth-order valence-electron chi connectivity index (χ4n) is 2.95. The lowest BCUT2D eigenvalue weighted by Crippen LogP contribution is -2.47. The fraction of sp³-hybridized carbons (Fsp3) is 0.632. The maximum atomic E-state index is 9.81. The maximum absolute atomic E-state index is 9.81. The van der Waals surface area contributed by atoms with Crippen molar-refractivity contribution in [1.29, 1.82) is 0 Å². The first-order chi connectivity index (χ1) is 12.1. The average Bonchev–Trinajstić information content (AvgIpc) is 2.65. The summed E-state index contributed by atoms with van der Waals surface area (Å²) in [6.45, 7) is 7.66. The van der Waals surface area contributed by atoms with E-state index in [0.717, 1.165) is 36.7 Å². The molecule has 0 bridgehead atoms. The molecule has 0 saturated carbocycles. The van der Waals surface area contributed by atoms with Crippen LogP contribution in [0.15, 0.2) is 23.2 Å². The van der Waals surface area contributed by atoms with Crippen LogP contribution < -0.4 is 15.4 Å². The second-order valence-electron chi connectivity index (χ2n) is 6.63. The number of aliphatic hydroxyl groups excluding tert-OH is 1. The number of aryl methyl sites for hydroxylation is 1. The molecule has 0 aromatic heterocycles. The molecular formula is C19H31N3O3. The van der Waals surface area contributed by atoms with E-state index in [9.17, 15) is 5.11 Å². The minimum absolute atomic E-state index is 0.129. The number of methoxy groups -OCH3 is 1. The summed E-state index contributed by atoms with van der Waals surface area (Å²) in [6.07, 6.45) is 1.73. The van der Waals surface area contributed by atoms with Crippen molar-refractivity contribution in [3.63, 3.8) is 0 Å². The van der Waals surface area contributed by atoms with Gasteiger partial charge in [-0.05, 0) is 38.3 Å². The lowest BCUT2D eigenvalue weighted by atomic mass is 9.81. The third-order valence-corrected chi connectivity index (χ3v) is 4.71. The minimum Gasteiger partial charge on any atom is -0.496 e. The van der Waals surface area contributed by atoms with Crippen LogP contribution in [0.2, 0.25) is 0 Å². The van der Waals surface area contributed by atoms with Crippen LogP contribution >= 0.6 is 0 Å². The molecule has 25 heavy (non-hydrogen) atoms. The Labute approximate surface area is 150 Å². The number of aliphatic hydroxyl groups is 1. The molecule has 3 N–H and O–H groups in total. The van der Waals surface area contributed by atoms with Crippen LogP contribution in [0.4, 0.5) is 0 Å². The molecule has 1 aliphatic heterocycles. The zero-order chi connectivity index (χ0) is 18.1. The minimum atomic E-state index is -0.129. The summed E-state index contributed by atoms with van der Waals surface area (Å²) < 4.78 is 10.9. The summed E-state index contributed by atoms with van der Waals surface area (Å²) in [5, 5.41) is 16.5. The van der Waals surface area contributed by atoms with Gasteiger partial charge in [-0.15, -0.1) is 0 Å². The molecule has 1 aromatic carbocycles. The summed E-state index contributed by atoms with van der Waals surface area (Å²) >= 11 is 0. The molecule has 140 valence electrons. The molecule has 2 rings (SSSR count). The Bertz CT molecular complexity index is 569. The summed E-state index contributed by atoms with van der Waals surface area (Å²) in [5.41, 5.74) is 2.09. The van der Waals surface area contributed by atoms with Crippen LogP contribution in [0.1, 0.15) is 30.9 Å². The van der Waals surface area contributed by atoms with Gasteiger partial charge in [0.2, 0.25) is 0 Å². The highest BCUT2D eigenvalue weighted by Crippen LogP contribution is 2.29. The van der Waals surface area contributed by atoms with Crippen molar-refractivity contribution in [1.82, 2.24) is 10.6 Å². The smallest absolute Gasteiger partial charge is 0.191 e. The van der Waals surface area contributed by atoms with E-state index in [2.05, 4.69) is 27.8 Å². The number of ether oxygens (including phenoxy) is 2. The number of nitrogens with one attached hydrogen (secondary N) is 2. The van der Waals surface area contributed by atoms with E-state index >= 15 is 0 Å². The van der Waals surface area contributed by atoms with Crippen molar-refractivity contribution in [2.75, 3.05) is 40.0 Å². The Morgan fingerprint density at radius 1 is 1.32 bits per heavy atom. The van der Waals surface area contributed by atoms with E-state index in [1.807, 2.05) is 19.9 Å². The molecule has 1 heterocycles. The van der Waals surface area contributed by atoms with Crippen LogP contribution in [0.25, 0.3) is 0 Å². The molecule has 1 fully saturated rings. The summed E-state index contributed by atoms with van der Waals surface area (Å²) in [7, 11) is 1.68. The fourth-order valence-corrected chi connectivity index (χ4v) is 2.95. The number of hydrogen-bond acceptors (Lipinski definition) is 4. The second kappa shape index (κ2) is 9.63. The molecule has 1 aliphatic rings. The van der Waals surface area contributed by atoms with Crippen molar-refractivity contribution in [2.45, 2.75) is 33.2 Å².